The quantitative estimate of drug-likeness (QED) is 0.310. The fourth-order valence-electron chi connectivity index (χ4n) is 2.31. The summed E-state index contributed by atoms with van der Waals surface area (Å²) in [5.74, 6) is 2.36. The van der Waals surface area contributed by atoms with Crippen molar-refractivity contribution in [1.29, 1.82) is 0 Å². The molecule has 0 aliphatic heterocycles. The Hall–Kier alpha value is -1.55. The van der Waals surface area contributed by atoms with E-state index < -0.39 is 0 Å². The van der Waals surface area contributed by atoms with E-state index >= 15 is 0 Å². The first-order valence-corrected chi connectivity index (χ1v) is 9.66. The van der Waals surface area contributed by atoms with Crippen molar-refractivity contribution in [2.24, 2.45) is 4.99 Å². The lowest BCUT2D eigenvalue weighted by molar-refractivity contribution is 0.229. The maximum atomic E-state index is 5.91. The molecule has 0 spiro atoms. The van der Waals surface area contributed by atoms with Crippen molar-refractivity contribution in [2.75, 3.05) is 26.7 Å². The molecule has 1 heterocycles. The third-order valence-electron chi connectivity index (χ3n) is 3.53. The molecule has 1 atom stereocenters. The fourth-order valence-corrected chi connectivity index (χ4v) is 3.10. The lowest BCUT2D eigenvalue weighted by atomic mass is 10.3. The van der Waals surface area contributed by atoms with Gasteiger partial charge in [0.1, 0.15) is 17.6 Å². The maximum absolute atomic E-state index is 5.91. The van der Waals surface area contributed by atoms with E-state index in [1.807, 2.05) is 37.4 Å². The summed E-state index contributed by atoms with van der Waals surface area (Å²) in [7, 11) is 1.65. The number of guanidine groups is 1. The summed E-state index contributed by atoms with van der Waals surface area (Å²) in [6.45, 7) is 8.30. The molecule has 0 amide bonds. The van der Waals surface area contributed by atoms with E-state index in [9.17, 15) is 0 Å². The highest BCUT2D eigenvalue weighted by Gasteiger charge is 2.06. The number of aliphatic imine (C=N–C) groups is 1. The number of rotatable bonds is 9. The molecule has 0 saturated carbocycles. The van der Waals surface area contributed by atoms with Crippen LogP contribution in [0.5, 0.6) is 11.5 Å². The molecular weight excluding hydrogens is 475 g/mol. The number of nitrogens with one attached hydrogen (secondary N) is 2. The van der Waals surface area contributed by atoms with E-state index in [0.29, 0.717) is 6.54 Å². The van der Waals surface area contributed by atoms with Gasteiger partial charge in [0.25, 0.3) is 0 Å². The molecule has 0 aliphatic carbocycles. The molecule has 0 radical (unpaired) electrons. The van der Waals surface area contributed by atoms with Crippen LogP contribution in [0, 0.1) is 6.92 Å². The number of aryl methyl sites for hydroxylation is 1. The van der Waals surface area contributed by atoms with E-state index in [2.05, 4.69) is 34.5 Å². The van der Waals surface area contributed by atoms with Crippen molar-refractivity contribution in [3.8, 4) is 11.5 Å². The van der Waals surface area contributed by atoms with Crippen LogP contribution in [0.15, 0.2) is 35.5 Å². The van der Waals surface area contributed by atoms with Gasteiger partial charge in [-0.1, -0.05) is 6.07 Å². The van der Waals surface area contributed by atoms with E-state index in [1.165, 1.54) is 4.88 Å². The van der Waals surface area contributed by atoms with Gasteiger partial charge in [-0.2, -0.15) is 0 Å². The average molecular weight is 504 g/mol. The van der Waals surface area contributed by atoms with Gasteiger partial charge in [-0.15, -0.1) is 35.3 Å². The molecule has 0 aliphatic rings. The first-order chi connectivity index (χ1) is 12.6. The van der Waals surface area contributed by atoms with E-state index in [1.54, 1.807) is 18.4 Å². The van der Waals surface area contributed by atoms with Crippen LogP contribution in [-0.2, 0) is 6.42 Å². The Kier molecular flexibility index (Phi) is 11.1. The van der Waals surface area contributed by atoms with Crippen molar-refractivity contribution in [3.63, 3.8) is 0 Å². The third kappa shape index (κ3) is 8.79. The highest BCUT2D eigenvalue weighted by Crippen LogP contribution is 2.19. The van der Waals surface area contributed by atoms with Crippen LogP contribution in [0.2, 0.25) is 0 Å². The number of methoxy groups -OCH3 is 1. The molecule has 6 nitrogen and oxygen atoms in total. The highest BCUT2D eigenvalue weighted by molar-refractivity contribution is 14.0. The maximum Gasteiger partial charge on any atom is 0.191 e. The molecular formula is C19H29IN4O2S. The summed E-state index contributed by atoms with van der Waals surface area (Å²) in [5, 5.41) is 7.74. The number of hydrogen-bond donors (Lipinski definition) is 2. The fraction of sp³-hybridized carbons (Fsp3) is 0.474. The van der Waals surface area contributed by atoms with Gasteiger partial charge in [-0.25, -0.2) is 9.98 Å². The van der Waals surface area contributed by atoms with Crippen molar-refractivity contribution in [3.05, 3.63) is 40.3 Å². The van der Waals surface area contributed by atoms with Gasteiger partial charge in [-0.05, 0) is 32.9 Å². The molecule has 0 saturated heterocycles. The summed E-state index contributed by atoms with van der Waals surface area (Å²) in [6, 6.07) is 7.60. The van der Waals surface area contributed by atoms with Crippen molar-refractivity contribution in [1.82, 2.24) is 15.6 Å². The Labute approximate surface area is 182 Å². The van der Waals surface area contributed by atoms with Crippen molar-refractivity contribution < 1.29 is 9.47 Å². The number of nitrogens with zero attached hydrogens (tertiary/aromatic N) is 2. The Morgan fingerprint density at radius 3 is 2.74 bits per heavy atom. The van der Waals surface area contributed by atoms with E-state index in [-0.39, 0.29) is 30.1 Å². The van der Waals surface area contributed by atoms with E-state index in [4.69, 9.17) is 9.47 Å². The Morgan fingerprint density at radius 1 is 1.30 bits per heavy atom. The second kappa shape index (κ2) is 12.8. The smallest absolute Gasteiger partial charge is 0.191 e. The minimum atomic E-state index is -0.0424. The molecule has 0 fully saturated rings. The molecule has 2 rings (SSSR count). The predicted octanol–water partition coefficient (Wildman–Crippen LogP) is 3.64. The second-order valence-corrected chi connectivity index (χ2v) is 7.19. The van der Waals surface area contributed by atoms with Gasteiger partial charge in [0.2, 0.25) is 0 Å². The zero-order chi connectivity index (χ0) is 18.8. The SMILES string of the molecule is CCNC(=NCC(C)Oc1cccc(OC)c1)NCCc1ncc(C)s1.I. The molecule has 150 valence electrons. The number of benzene rings is 1. The normalized spacial score (nSPS) is 12.1. The Bertz CT molecular complexity index is 709. The van der Waals surface area contributed by atoms with E-state index in [0.717, 1.165) is 42.0 Å². The largest absolute Gasteiger partial charge is 0.497 e. The van der Waals surface area contributed by atoms with Crippen LogP contribution in [0.4, 0.5) is 0 Å². The molecule has 2 aromatic rings. The monoisotopic (exact) mass is 504 g/mol. The topological polar surface area (TPSA) is 67.8 Å². The van der Waals surface area contributed by atoms with Crippen molar-refractivity contribution >= 4 is 41.3 Å². The minimum absolute atomic E-state index is 0. The van der Waals surface area contributed by atoms with Crippen LogP contribution in [-0.4, -0.2) is 43.8 Å². The zero-order valence-electron chi connectivity index (χ0n) is 16.3. The molecule has 8 heteroatoms. The van der Waals surface area contributed by atoms with Gasteiger partial charge in [-0.3, -0.25) is 0 Å². The van der Waals surface area contributed by atoms with Crippen LogP contribution < -0.4 is 20.1 Å². The number of hydrogen-bond acceptors (Lipinski definition) is 5. The lowest BCUT2D eigenvalue weighted by Gasteiger charge is -2.15. The third-order valence-corrected chi connectivity index (χ3v) is 4.50. The molecule has 0 bridgehead atoms. The number of aromatic nitrogens is 1. The molecule has 1 unspecified atom stereocenters. The number of halogens is 1. The number of ether oxygens (including phenoxy) is 2. The van der Waals surface area contributed by atoms with Crippen LogP contribution >= 0.6 is 35.3 Å². The molecule has 2 N–H and O–H groups in total. The minimum Gasteiger partial charge on any atom is -0.497 e. The molecule has 27 heavy (non-hydrogen) atoms. The number of thiazole rings is 1. The summed E-state index contributed by atoms with van der Waals surface area (Å²) in [6.07, 6.45) is 2.76. The van der Waals surface area contributed by atoms with Gasteiger partial charge in [0.15, 0.2) is 5.96 Å². The van der Waals surface area contributed by atoms with Crippen LogP contribution in [0.25, 0.3) is 0 Å². The summed E-state index contributed by atoms with van der Waals surface area (Å²) in [5.41, 5.74) is 0. The molecule has 1 aromatic heterocycles. The van der Waals surface area contributed by atoms with Gasteiger partial charge < -0.3 is 20.1 Å². The lowest BCUT2D eigenvalue weighted by Crippen LogP contribution is -2.39. The summed E-state index contributed by atoms with van der Waals surface area (Å²) in [4.78, 5) is 10.2. The van der Waals surface area contributed by atoms with Gasteiger partial charge in [0.05, 0.1) is 18.7 Å². The van der Waals surface area contributed by atoms with Crippen LogP contribution in [0.3, 0.4) is 0 Å². The predicted molar refractivity (Wildman–Crippen MR) is 123 cm³/mol. The standard InChI is InChI=1S/C19H28N4O2S.HI/c1-5-20-19(21-10-9-18-22-13-15(3)26-18)23-12-14(2)25-17-8-6-7-16(11-17)24-4;/h6-8,11,13-14H,5,9-10,12H2,1-4H3,(H2,20,21,23);1H. The molecule has 1 aromatic carbocycles. The average Bonchev–Trinajstić information content (AvgIpc) is 3.05. The first kappa shape index (κ1) is 23.5. The Balaban J connectivity index is 0.00000364. The Morgan fingerprint density at radius 2 is 2.07 bits per heavy atom. The van der Waals surface area contributed by atoms with Crippen LogP contribution in [0.1, 0.15) is 23.7 Å². The van der Waals surface area contributed by atoms with Crippen molar-refractivity contribution in [2.45, 2.75) is 33.3 Å². The summed E-state index contributed by atoms with van der Waals surface area (Å²) >= 11 is 1.73. The summed E-state index contributed by atoms with van der Waals surface area (Å²) < 4.78 is 11.1. The van der Waals surface area contributed by atoms with Gasteiger partial charge in [0, 0.05) is 36.7 Å². The second-order valence-electron chi connectivity index (χ2n) is 5.87. The van der Waals surface area contributed by atoms with Gasteiger partial charge >= 0.3 is 0 Å². The highest BCUT2D eigenvalue weighted by atomic mass is 127. The zero-order valence-corrected chi connectivity index (χ0v) is 19.5. The first-order valence-electron chi connectivity index (χ1n) is 8.85.